The minimum atomic E-state index is -0.791. The predicted octanol–water partition coefficient (Wildman–Crippen LogP) is 1.49. The number of amides is 3. The first-order valence-corrected chi connectivity index (χ1v) is 7.62. The number of rotatable bonds is 5. The van der Waals surface area contributed by atoms with Gasteiger partial charge in [-0.25, -0.2) is 0 Å². The Morgan fingerprint density at radius 3 is 2.35 bits per heavy atom. The molecule has 0 spiro atoms. The van der Waals surface area contributed by atoms with Crippen molar-refractivity contribution in [2.24, 2.45) is 0 Å². The van der Waals surface area contributed by atoms with E-state index in [1.54, 1.807) is 24.3 Å². The van der Waals surface area contributed by atoms with Gasteiger partial charge in [0.05, 0.1) is 17.1 Å². The van der Waals surface area contributed by atoms with Crippen LogP contribution < -0.4 is 16.0 Å². The lowest BCUT2D eigenvalue weighted by Crippen LogP contribution is -2.50. The van der Waals surface area contributed by atoms with Crippen LogP contribution in [0.5, 0.6) is 0 Å². The fourth-order valence-corrected chi connectivity index (χ4v) is 1.99. The van der Waals surface area contributed by atoms with Gasteiger partial charge < -0.3 is 16.0 Å². The summed E-state index contributed by atoms with van der Waals surface area (Å²) in [6.45, 7) is 6.92. The van der Waals surface area contributed by atoms with Crippen LogP contribution in [-0.4, -0.2) is 35.8 Å². The molecule has 0 saturated heterocycles. The summed E-state index contributed by atoms with van der Waals surface area (Å²) in [7, 11) is 0. The number of benzene rings is 1. The topological polar surface area (TPSA) is 87.3 Å². The van der Waals surface area contributed by atoms with Crippen molar-refractivity contribution in [2.75, 3.05) is 6.54 Å². The molecule has 3 amide bonds. The Kier molecular flexibility index (Phi) is 6.57. The smallest absolute Gasteiger partial charge is 0.253 e. The summed E-state index contributed by atoms with van der Waals surface area (Å²) in [5, 5.41) is 8.06. The highest BCUT2D eigenvalue weighted by Crippen LogP contribution is 2.14. The number of halogens is 1. The van der Waals surface area contributed by atoms with Gasteiger partial charge in [0.2, 0.25) is 11.8 Å². The molecule has 7 heteroatoms. The van der Waals surface area contributed by atoms with Crippen LogP contribution in [-0.2, 0) is 9.59 Å². The van der Waals surface area contributed by atoms with Gasteiger partial charge in [-0.1, -0.05) is 23.7 Å². The van der Waals surface area contributed by atoms with Crippen LogP contribution in [0.1, 0.15) is 38.1 Å². The van der Waals surface area contributed by atoms with Gasteiger partial charge in [-0.3, -0.25) is 14.4 Å². The predicted molar refractivity (Wildman–Crippen MR) is 89.3 cm³/mol. The van der Waals surface area contributed by atoms with Crippen molar-refractivity contribution >= 4 is 29.3 Å². The van der Waals surface area contributed by atoms with Crippen molar-refractivity contribution in [1.29, 1.82) is 0 Å². The summed E-state index contributed by atoms with van der Waals surface area (Å²) in [5.74, 6) is -1.19. The van der Waals surface area contributed by atoms with Crippen LogP contribution in [0.15, 0.2) is 24.3 Å². The second-order valence-corrected chi connectivity index (χ2v) is 6.60. The van der Waals surface area contributed by atoms with E-state index in [0.717, 1.165) is 0 Å². The van der Waals surface area contributed by atoms with Gasteiger partial charge >= 0.3 is 0 Å². The third-order valence-electron chi connectivity index (χ3n) is 2.80. The third kappa shape index (κ3) is 6.69. The molecule has 0 unspecified atom stereocenters. The van der Waals surface area contributed by atoms with Gasteiger partial charge in [-0.2, -0.15) is 0 Å². The van der Waals surface area contributed by atoms with E-state index in [1.807, 2.05) is 20.8 Å². The second kappa shape index (κ2) is 7.97. The molecule has 0 aromatic heterocycles. The third-order valence-corrected chi connectivity index (χ3v) is 3.13. The van der Waals surface area contributed by atoms with Crippen LogP contribution in [0.2, 0.25) is 5.02 Å². The highest BCUT2D eigenvalue weighted by molar-refractivity contribution is 6.33. The molecule has 0 radical (unpaired) electrons. The van der Waals surface area contributed by atoms with Crippen LogP contribution in [0.25, 0.3) is 0 Å². The van der Waals surface area contributed by atoms with Crippen LogP contribution in [0.4, 0.5) is 0 Å². The van der Waals surface area contributed by atoms with Crippen molar-refractivity contribution in [1.82, 2.24) is 16.0 Å². The van der Waals surface area contributed by atoms with E-state index >= 15 is 0 Å². The quantitative estimate of drug-likeness (QED) is 0.759. The Labute approximate surface area is 141 Å². The molecule has 1 rings (SSSR count). The first kappa shape index (κ1) is 19.0. The average Bonchev–Trinajstić information content (AvgIpc) is 2.43. The number of nitrogens with one attached hydrogen (secondary N) is 3. The standard InChI is InChI=1S/C16H22ClN3O3/c1-10(14(22)18-9-13(21)20-16(2,3)4)19-15(23)11-7-5-6-8-12(11)17/h5-8,10H,9H2,1-4H3,(H,18,22)(H,19,23)(H,20,21)/t10-/m0/s1. The van der Waals surface area contributed by atoms with E-state index in [9.17, 15) is 14.4 Å². The van der Waals surface area contributed by atoms with Crippen molar-refractivity contribution in [2.45, 2.75) is 39.3 Å². The summed E-state index contributed by atoms with van der Waals surface area (Å²) in [5.41, 5.74) is -0.0783. The average molecular weight is 340 g/mol. The zero-order chi connectivity index (χ0) is 17.6. The van der Waals surface area contributed by atoms with Crippen LogP contribution in [0, 0.1) is 0 Å². The van der Waals surface area contributed by atoms with Gasteiger partial charge in [0, 0.05) is 5.54 Å². The maximum atomic E-state index is 12.1. The minimum absolute atomic E-state index is 0.150. The normalized spacial score (nSPS) is 12.2. The van der Waals surface area contributed by atoms with E-state index in [4.69, 9.17) is 11.6 Å². The summed E-state index contributed by atoms with van der Waals surface area (Å²) in [6.07, 6.45) is 0. The van der Waals surface area contributed by atoms with Crippen molar-refractivity contribution < 1.29 is 14.4 Å². The van der Waals surface area contributed by atoms with Crippen molar-refractivity contribution in [3.05, 3.63) is 34.9 Å². The highest BCUT2D eigenvalue weighted by atomic mass is 35.5. The summed E-state index contributed by atoms with van der Waals surface area (Å²) in [6, 6.07) is 5.77. The zero-order valence-electron chi connectivity index (χ0n) is 13.7. The molecular formula is C16H22ClN3O3. The Bertz CT molecular complexity index is 596. The number of hydrogen-bond donors (Lipinski definition) is 3. The van der Waals surface area contributed by atoms with E-state index in [0.29, 0.717) is 10.6 Å². The lowest BCUT2D eigenvalue weighted by molar-refractivity contribution is -0.127. The Balaban J connectivity index is 2.50. The number of carbonyl (C=O) groups excluding carboxylic acids is 3. The van der Waals surface area contributed by atoms with Gasteiger partial charge in [-0.15, -0.1) is 0 Å². The van der Waals surface area contributed by atoms with Crippen molar-refractivity contribution in [3.63, 3.8) is 0 Å². The van der Waals surface area contributed by atoms with Gasteiger partial charge in [0.15, 0.2) is 0 Å². The zero-order valence-corrected chi connectivity index (χ0v) is 14.5. The van der Waals surface area contributed by atoms with Crippen LogP contribution >= 0.6 is 11.6 Å². The molecule has 0 aliphatic rings. The van der Waals surface area contributed by atoms with E-state index in [2.05, 4.69) is 16.0 Å². The van der Waals surface area contributed by atoms with E-state index < -0.39 is 17.9 Å². The molecule has 3 N–H and O–H groups in total. The minimum Gasteiger partial charge on any atom is -0.350 e. The van der Waals surface area contributed by atoms with Gasteiger partial charge in [-0.05, 0) is 39.8 Å². The highest BCUT2D eigenvalue weighted by Gasteiger charge is 2.19. The van der Waals surface area contributed by atoms with E-state index in [1.165, 1.54) is 6.92 Å². The first-order chi connectivity index (χ1) is 10.6. The van der Waals surface area contributed by atoms with Gasteiger partial charge in [0.1, 0.15) is 6.04 Å². The second-order valence-electron chi connectivity index (χ2n) is 6.19. The lowest BCUT2D eigenvalue weighted by Gasteiger charge is -2.21. The largest absolute Gasteiger partial charge is 0.350 e. The molecule has 0 aliphatic carbocycles. The SMILES string of the molecule is C[C@H](NC(=O)c1ccccc1Cl)C(=O)NCC(=O)NC(C)(C)C. The first-order valence-electron chi connectivity index (χ1n) is 7.24. The molecule has 23 heavy (non-hydrogen) atoms. The number of carbonyl (C=O) groups is 3. The van der Waals surface area contributed by atoms with Gasteiger partial charge in [0.25, 0.3) is 5.91 Å². The fourth-order valence-electron chi connectivity index (χ4n) is 1.77. The molecule has 1 atom stereocenters. The van der Waals surface area contributed by atoms with Crippen molar-refractivity contribution in [3.8, 4) is 0 Å². The molecule has 1 aromatic carbocycles. The molecule has 126 valence electrons. The molecule has 6 nitrogen and oxygen atoms in total. The molecule has 0 aliphatic heterocycles. The summed E-state index contributed by atoms with van der Waals surface area (Å²) in [4.78, 5) is 35.6. The molecule has 0 fully saturated rings. The number of hydrogen-bond acceptors (Lipinski definition) is 3. The molecule has 0 heterocycles. The van der Waals surface area contributed by atoms with E-state index in [-0.39, 0.29) is 18.0 Å². The monoisotopic (exact) mass is 339 g/mol. The molecule has 0 bridgehead atoms. The molecule has 1 aromatic rings. The Hall–Kier alpha value is -2.08. The maximum absolute atomic E-state index is 12.1. The maximum Gasteiger partial charge on any atom is 0.253 e. The molecule has 0 saturated carbocycles. The fraction of sp³-hybridized carbons (Fsp3) is 0.438. The van der Waals surface area contributed by atoms with Crippen LogP contribution in [0.3, 0.4) is 0 Å². The summed E-state index contributed by atoms with van der Waals surface area (Å²) < 4.78 is 0. The summed E-state index contributed by atoms with van der Waals surface area (Å²) >= 11 is 5.93. The lowest BCUT2D eigenvalue weighted by atomic mass is 10.1. The molecular weight excluding hydrogens is 318 g/mol. The Morgan fingerprint density at radius 1 is 1.17 bits per heavy atom. The Morgan fingerprint density at radius 2 is 1.78 bits per heavy atom.